The summed E-state index contributed by atoms with van der Waals surface area (Å²) < 4.78 is 5.76. The van der Waals surface area contributed by atoms with Gasteiger partial charge in [-0.05, 0) is 43.5 Å². The van der Waals surface area contributed by atoms with E-state index in [1.54, 1.807) is 0 Å². The van der Waals surface area contributed by atoms with Crippen molar-refractivity contribution in [3.8, 4) is 5.75 Å². The second-order valence-corrected chi connectivity index (χ2v) is 3.71. The second-order valence-electron chi connectivity index (χ2n) is 3.71. The molecule has 1 aliphatic carbocycles. The highest BCUT2D eigenvalue weighted by atomic mass is 16.5. The first-order chi connectivity index (χ1) is 7.25. The van der Waals surface area contributed by atoms with Crippen LogP contribution < -0.4 is 10.5 Å². The Balaban J connectivity index is 2.20. The predicted molar refractivity (Wildman–Crippen MR) is 62.7 cm³/mol. The Morgan fingerprint density at radius 1 is 1.27 bits per heavy atom. The molecule has 1 aliphatic rings. The maximum Gasteiger partial charge on any atom is 0.132 e. The molecule has 0 fully saturated rings. The molecule has 78 valence electrons. The minimum Gasteiger partial charge on any atom is -0.457 e. The number of anilines is 1. The summed E-state index contributed by atoms with van der Waals surface area (Å²) in [6.45, 7) is 2.02. The molecule has 1 aromatic rings. The second kappa shape index (κ2) is 4.22. The SMILES string of the molecule is Cc1ccc(N)cc1OC1=CCCC=C1. The van der Waals surface area contributed by atoms with E-state index < -0.39 is 0 Å². The molecule has 0 atom stereocenters. The predicted octanol–water partition coefficient (Wildman–Crippen LogP) is 3.19. The molecule has 0 saturated carbocycles. The van der Waals surface area contributed by atoms with E-state index in [1.165, 1.54) is 0 Å². The van der Waals surface area contributed by atoms with E-state index in [1.807, 2.05) is 31.2 Å². The zero-order valence-electron chi connectivity index (χ0n) is 8.86. The van der Waals surface area contributed by atoms with Crippen LogP contribution in [0, 0.1) is 6.92 Å². The van der Waals surface area contributed by atoms with Gasteiger partial charge in [-0.1, -0.05) is 12.1 Å². The number of hydrogen-bond acceptors (Lipinski definition) is 2. The summed E-state index contributed by atoms with van der Waals surface area (Å²) in [7, 11) is 0. The van der Waals surface area contributed by atoms with Gasteiger partial charge in [0.1, 0.15) is 11.5 Å². The van der Waals surface area contributed by atoms with Crippen LogP contribution in [0.15, 0.2) is 42.2 Å². The number of nitrogens with two attached hydrogens (primary N) is 1. The van der Waals surface area contributed by atoms with Gasteiger partial charge in [-0.15, -0.1) is 0 Å². The fraction of sp³-hybridized carbons (Fsp3) is 0.231. The summed E-state index contributed by atoms with van der Waals surface area (Å²) >= 11 is 0. The lowest BCUT2D eigenvalue weighted by atomic mass is 10.1. The molecule has 0 spiro atoms. The lowest BCUT2D eigenvalue weighted by Crippen LogP contribution is -1.97. The first-order valence-electron chi connectivity index (χ1n) is 5.16. The molecular formula is C13H15NO. The van der Waals surface area contributed by atoms with Crippen molar-refractivity contribution in [1.82, 2.24) is 0 Å². The minimum atomic E-state index is 0.732. The smallest absolute Gasteiger partial charge is 0.132 e. The summed E-state index contributed by atoms with van der Waals surface area (Å²) in [5.41, 5.74) is 7.55. The molecule has 2 heteroatoms. The van der Waals surface area contributed by atoms with E-state index in [2.05, 4.69) is 12.2 Å². The van der Waals surface area contributed by atoms with E-state index in [9.17, 15) is 0 Å². The van der Waals surface area contributed by atoms with Crippen LogP contribution in [-0.4, -0.2) is 0 Å². The molecule has 0 radical (unpaired) electrons. The van der Waals surface area contributed by atoms with Crippen LogP contribution in [0.25, 0.3) is 0 Å². The summed E-state index contributed by atoms with van der Waals surface area (Å²) in [5, 5.41) is 0. The highest BCUT2D eigenvalue weighted by molar-refractivity contribution is 5.48. The van der Waals surface area contributed by atoms with E-state index in [0.717, 1.165) is 35.6 Å². The van der Waals surface area contributed by atoms with Gasteiger partial charge in [-0.25, -0.2) is 0 Å². The van der Waals surface area contributed by atoms with Crippen molar-refractivity contribution in [2.75, 3.05) is 5.73 Å². The van der Waals surface area contributed by atoms with Crippen LogP contribution in [0.2, 0.25) is 0 Å². The number of allylic oxidation sites excluding steroid dienone is 3. The van der Waals surface area contributed by atoms with Gasteiger partial charge < -0.3 is 10.5 Å². The van der Waals surface area contributed by atoms with Crippen LogP contribution in [0.1, 0.15) is 18.4 Å². The van der Waals surface area contributed by atoms with E-state index in [4.69, 9.17) is 10.5 Å². The van der Waals surface area contributed by atoms with Crippen molar-refractivity contribution < 1.29 is 4.74 Å². The molecule has 0 bridgehead atoms. The molecule has 0 saturated heterocycles. The molecule has 0 unspecified atom stereocenters. The van der Waals surface area contributed by atoms with Crippen molar-refractivity contribution >= 4 is 5.69 Å². The maximum atomic E-state index is 5.76. The van der Waals surface area contributed by atoms with Crippen LogP contribution in [0.5, 0.6) is 5.75 Å². The molecule has 0 aromatic heterocycles. The number of hydrogen-bond donors (Lipinski definition) is 1. The third kappa shape index (κ3) is 2.40. The van der Waals surface area contributed by atoms with Gasteiger partial charge in [-0.2, -0.15) is 0 Å². The zero-order chi connectivity index (χ0) is 10.7. The topological polar surface area (TPSA) is 35.2 Å². The number of aryl methyl sites for hydroxylation is 1. The van der Waals surface area contributed by atoms with Crippen molar-refractivity contribution in [1.29, 1.82) is 0 Å². The monoisotopic (exact) mass is 201 g/mol. The van der Waals surface area contributed by atoms with Gasteiger partial charge in [0, 0.05) is 11.8 Å². The van der Waals surface area contributed by atoms with E-state index in [0.29, 0.717) is 0 Å². The average molecular weight is 201 g/mol. The lowest BCUT2D eigenvalue weighted by molar-refractivity contribution is 0.436. The summed E-state index contributed by atoms with van der Waals surface area (Å²) in [6, 6.07) is 5.71. The Bertz CT molecular complexity index is 419. The van der Waals surface area contributed by atoms with Crippen molar-refractivity contribution in [2.24, 2.45) is 0 Å². The third-order valence-corrected chi connectivity index (χ3v) is 2.40. The first-order valence-corrected chi connectivity index (χ1v) is 5.16. The largest absolute Gasteiger partial charge is 0.457 e. The Kier molecular flexibility index (Phi) is 2.77. The molecule has 15 heavy (non-hydrogen) atoms. The summed E-state index contributed by atoms with van der Waals surface area (Å²) in [4.78, 5) is 0. The molecular weight excluding hydrogens is 186 g/mol. The van der Waals surface area contributed by atoms with Gasteiger partial charge in [0.25, 0.3) is 0 Å². The Hall–Kier alpha value is -1.70. The Morgan fingerprint density at radius 2 is 2.13 bits per heavy atom. The van der Waals surface area contributed by atoms with Crippen molar-refractivity contribution in [3.05, 3.63) is 47.7 Å². The molecule has 1 aromatic carbocycles. The van der Waals surface area contributed by atoms with Crippen molar-refractivity contribution in [2.45, 2.75) is 19.8 Å². The number of benzene rings is 1. The normalized spacial score (nSPS) is 14.9. The molecule has 0 heterocycles. The fourth-order valence-corrected chi connectivity index (χ4v) is 1.52. The summed E-state index contributed by atoms with van der Waals surface area (Å²) in [6.07, 6.45) is 8.38. The van der Waals surface area contributed by atoms with Gasteiger partial charge in [0.05, 0.1) is 0 Å². The highest BCUT2D eigenvalue weighted by Crippen LogP contribution is 2.24. The third-order valence-electron chi connectivity index (χ3n) is 2.40. The van der Waals surface area contributed by atoms with E-state index >= 15 is 0 Å². The van der Waals surface area contributed by atoms with Crippen LogP contribution >= 0.6 is 0 Å². The van der Waals surface area contributed by atoms with Crippen molar-refractivity contribution in [3.63, 3.8) is 0 Å². The van der Waals surface area contributed by atoms with Crippen LogP contribution in [-0.2, 0) is 0 Å². The Labute approximate surface area is 90.1 Å². The van der Waals surface area contributed by atoms with Gasteiger partial charge in [0.15, 0.2) is 0 Å². The van der Waals surface area contributed by atoms with E-state index in [-0.39, 0.29) is 0 Å². The number of ether oxygens (including phenoxy) is 1. The fourth-order valence-electron chi connectivity index (χ4n) is 1.52. The quantitative estimate of drug-likeness (QED) is 0.746. The standard InChI is InChI=1S/C13H15NO/c1-10-7-8-11(14)9-13(10)15-12-5-3-2-4-6-12/h3,5-9H,2,4,14H2,1H3. The van der Waals surface area contributed by atoms with Gasteiger partial charge >= 0.3 is 0 Å². The Morgan fingerprint density at radius 3 is 2.87 bits per heavy atom. The lowest BCUT2D eigenvalue weighted by Gasteiger charge is -2.12. The number of nitrogen functional groups attached to an aromatic ring is 1. The number of rotatable bonds is 2. The summed E-state index contributed by atoms with van der Waals surface area (Å²) in [5.74, 6) is 1.75. The maximum absolute atomic E-state index is 5.76. The molecule has 0 amide bonds. The van der Waals surface area contributed by atoms with Crippen LogP contribution in [0.4, 0.5) is 5.69 Å². The first kappa shape index (κ1) is 9.84. The highest BCUT2D eigenvalue weighted by Gasteiger charge is 2.03. The minimum absolute atomic E-state index is 0.732. The molecule has 2 nitrogen and oxygen atoms in total. The molecule has 2 rings (SSSR count). The molecule has 2 N–H and O–H groups in total. The average Bonchev–Trinajstić information content (AvgIpc) is 2.25. The van der Waals surface area contributed by atoms with Gasteiger partial charge in [0.2, 0.25) is 0 Å². The molecule has 0 aliphatic heterocycles. The zero-order valence-corrected chi connectivity index (χ0v) is 8.86. The van der Waals surface area contributed by atoms with Gasteiger partial charge in [-0.3, -0.25) is 0 Å². The van der Waals surface area contributed by atoms with Crippen LogP contribution in [0.3, 0.4) is 0 Å².